The topological polar surface area (TPSA) is 33.3 Å². The van der Waals surface area contributed by atoms with E-state index in [0.29, 0.717) is 6.04 Å². The molecule has 0 aromatic heterocycles. The molecule has 0 saturated heterocycles. The second kappa shape index (κ2) is 4.53. The van der Waals surface area contributed by atoms with Crippen LogP contribution in [-0.4, -0.2) is 26.3 Å². The normalized spacial score (nSPS) is 18.9. The number of anilines is 2. The van der Waals surface area contributed by atoms with Gasteiger partial charge < -0.3 is 15.4 Å². The lowest BCUT2D eigenvalue weighted by Gasteiger charge is -2.29. The van der Waals surface area contributed by atoms with E-state index in [2.05, 4.69) is 35.8 Å². The van der Waals surface area contributed by atoms with Gasteiger partial charge in [0.05, 0.1) is 11.4 Å². The Morgan fingerprint density at radius 2 is 2.33 bits per heavy atom. The summed E-state index contributed by atoms with van der Waals surface area (Å²) in [5, 5.41) is 7.00. The molecule has 1 unspecified atom stereocenters. The van der Waals surface area contributed by atoms with E-state index < -0.39 is 0 Å². The van der Waals surface area contributed by atoms with Crippen LogP contribution in [0.25, 0.3) is 0 Å². The lowest BCUT2D eigenvalue weighted by molar-refractivity contribution is 0.190. The van der Waals surface area contributed by atoms with Gasteiger partial charge in [0, 0.05) is 26.3 Å². The highest BCUT2D eigenvalue weighted by molar-refractivity contribution is 5.74. The van der Waals surface area contributed by atoms with Gasteiger partial charge in [0.25, 0.3) is 0 Å². The number of ether oxygens (including phenoxy) is 1. The summed E-state index contributed by atoms with van der Waals surface area (Å²) in [6.07, 6.45) is 1.04. The Morgan fingerprint density at radius 3 is 3.13 bits per heavy atom. The standard InChI is InChI=1S/C12H18N2O/c1-9-4-3-5-11-12(9)14-10(8-13-11)6-7-15-2/h3-5,10,13-14H,6-8H2,1-2H3. The number of nitrogens with one attached hydrogen (secondary N) is 2. The molecule has 82 valence electrons. The summed E-state index contributed by atoms with van der Waals surface area (Å²) in [5.41, 5.74) is 3.75. The van der Waals surface area contributed by atoms with Crippen molar-refractivity contribution in [3.05, 3.63) is 23.8 Å². The minimum atomic E-state index is 0.471. The Labute approximate surface area is 90.8 Å². The van der Waals surface area contributed by atoms with Gasteiger partial charge in [-0.1, -0.05) is 12.1 Å². The third-order valence-electron chi connectivity index (χ3n) is 2.83. The van der Waals surface area contributed by atoms with E-state index in [9.17, 15) is 0 Å². The van der Waals surface area contributed by atoms with Gasteiger partial charge in [-0.2, -0.15) is 0 Å². The van der Waals surface area contributed by atoms with Crippen LogP contribution in [-0.2, 0) is 4.74 Å². The van der Waals surface area contributed by atoms with Crippen molar-refractivity contribution in [2.45, 2.75) is 19.4 Å². The summed E-state index contributed by atoms with van der Waals surface area (Å²) in [6.45, 7) is 3.91. The van der Waals surface area contributed by atoms with Gasteiger partial charge in [0.15, 0.2) is 0 Å². The summed E-state index contributed by atoms with van der Waals surface area (Å²) in [5.74, 6) is 0. The van der Waals surface area contributed by atoms with Crippen LogP contribution in [0.2, 0.25) is 0 Å². The van der Waals surface area contributed by atoms with Crippen LogP contribution in [0.5, 0.6) is 0 Å². The molecule has 1 heterocycles. The SMILES string of the molecule is COCCC1CNc2cccc(C)c2N1. The second-order valence-electron chi connectivity index (χ2n) is 4.00. The molecule has 15 heavy (non-hydrogen) atoms. The highest BCUT2D eigenvalue weighted by Crippen LogP contribution is 2.29. The van der Waals surface area contributed by atoms with Crippen LogP contribution in [0.4, 0.5) is 11.4 Å². The van der Waals surface area contributed by atoms with Gasteiger partial charge in [-0.15, -0.1) is 0 Å². The Hall–Kier alpha value is -1.22. The van der Waals surface area contributed by atoms with Crippen molar-refractivity contribution in [1.29, 1.82) is 0 Å². The average molecular weight is 206 g/mol. The van der Waals surface area contributed by atoms with Crippen molar-refractivity contribution in [3.8, 4) is 0 Å². The van der Waals surface area contributed by atoms with Gasteiger partial charge in [-0.05, 0) is 25.0 Å². The molecule has 0 radical (unpaired) electrons. The monoisotopic (exact) mass is 206 g/mol. The van der Waals surface area contributed by atoms with Gasteiger partial charge in [0.1, 0.15) is 0 Å². The van der Waals surface area contributed by atoms with E-state index in [-0.39, 0.29) is 0 Å². The Balaban J connectivity index is 2.08. The minimum absolute atomic E-state index is 0.471. The molecular formula is C12H18N2O. The third kappa shape index (κ3) is 2.23. The molecule has 2 N–H and O–H groups in total. The van der Waals surface area contributed by atoms with E-state index in [1.807, 2.05) is 0 Å². The minimum Gasteiger partial charge on any atom is -0.385 e. The molecular weight excluding hydrogens is 188 g/mol. The van der Waals surface area contributed by atoms with Crippen molar-refractivity contribution in [3.63, 3.8) is 0 Å². The number of hydrogen-bond donors (Lipinski definition) is 2. The van der Waals surface area contributed by atoms with Gasteiger partial charge in [-0.3, -0.25) is 0 Å². The molecule has 2 rings (SSSR count). The van der Waals surface area contributed by atoms with Crippen molar-refractivity contribution >= 4 is 11.4 Å². The number of para-hydroxylation sites is 1. The first-order valence-electron chi connectivity index (χ1n) is 5.40. The Kier molecular flexibility index (Phi) is 3.11. The number of benzene rings is 1. The first-order valence-corrected chi connectivity index (χ1v) is 5.40. The number of hydrogen-bond acceptors (Lipinski definition) is 3. The summed E-state index contributed by atoms with van der Waals surface area (Å²) < 4.78 is 5.10. The zero-order valence-electron chi connectivity index (χ0n) is 9.34. The average Bonchev–Trinajstić information content (AvgIpc) is 2.27. The quantitative estimate of drug-likeness (QED) is 0.795. The maximum absolute atomic E-state index is 5.10. The first-order chi connectivity index (χ1) is 7.31. The largest absolute Gasteiger partial charge is 0.385 e. The van der Waals surface area contributed by atoms with E-state index in [0.717, 1.165) is 19.6 Å². The molecule has 1 aromatic rings. The van der Waals surface area contributed by atoms with Crippen LogP contribution in [0.1, 0.15) is 12.0 Å². The maximum Gasteiger partial charge on any atom is 0.0608 e. The number of methoxy groups -OCH3 is 1. The molecule has 3 nitrogen and oxygen atoms in total. The molecule has 0 aliphatic carbocycles. The van der Waals surface area contributed by atoms with Crippen molar-refractivity contribution in [1.82, 2.24) is 0 Å². The van der Waals surface area contributed by atoms with Gasteiger partial charge in [-0.25, -0.2) is 0 Å². The molecule has 1 aromatic carbocycles. The highest BCUT2D eigenvalue weighted by Gasteiger charge is 2.17. The molecule has 0 spiro atoms. The summed E-state index contributed by atoms with van der Waals surface area (Å²) in [6, 6.07) is 6.80. The van der Waals surface area contributed by atoms with Crippen LogP contribution in [0.15, 0.2) is 18.2 Å². The number of aryl methyl sites for hydroxylation is 1. The Morgan fingerprint density at radius 1 is 1.47 bits per heavy atom. The van der Waals surface area contributed by atoms with Crippen molar-refractivity contribution in [2.75, 3.05) is 30.9 Å². The lowest BCUT2D eigenvalue weighted by atomic mass is 10.1. The molecule has 0 fully saturated rings. The molecule has 1 aliphatic rings. The number of fused-ring (bicyclic) bond motifs is 1. The predicted octanol–water partition coefficient (Wildman–Crippen LogP) is 2.24. The zero-order valence-corrected chi connectivity index (χ0v) is 9.34. The van der Waals surface area contributed by atoms with Crippen LogP contribution in [0, 0.1) is 6.92 Å². The first kappa shape index (κ1) is 10.3. The van der Waals surface area contributed by atoms with Crippen LogP contribution in [0.3, 0.4) is 0 Å². The summed E-state index contributed by atoms with van der Waals surface area (Å²) in [7, 11) is 1.75. The van der Waals surface area contributed by atoms with E-state index in [1.54, 1.807) is 7.11 Å². The van der Waals surface area contributed by atoms with E-state index in [1.165, 1.54) is 16.9 Å². The van der Waals surface area contributed by atoms with E-state index in [4.69, 9.17) is 4.74 Å². The zero-order chi connectivity index (χ0) is 10.7. The summed E-state index contributed by atoms with van der Waals surface area (Å²) in [4.78, 5) is 0. The fraction of sp³-hybridized carbons (Fsp3) is 0.500. The number of rotatable bonds is 3. The van der Waals surface area contributed by atoms with Crippen molar-refractivity contribution in [2.24, 2.45) is 0 Å². The third-order valence-corrected chi connectivity index (χ3v) is 2.83. The second-order valence-corrected chi connectivity index (χ2v) is 4.00. The van der Waals surface area contributed by atoms with Gasteiger partial charge in [0.2, 0.25) is 0 Å². The molecule has 0 bridgehead atoms. The Bertz CT molecular complexity index is 338. The molecule has 1 atom stereocenters. The lowest BCUT2D eigenvalue weighted by Crippen LogP contribution is -2.34. The van der Waals surface area contributed by atoms with Crippen LogP contribution < -0.4 is 10.6 Å². The predicted molar refractivity (Wildman–Crippen MR) is 63.6 cm³/mol. The fourth-order valence-corrected chi connectivity index (χ4v) is 1.93. The highest BCUT2D eigenvalue weighted by atomic mass is 16.5. The van der Waals surface area contributed by atoms with Crippen molar-refractivity contribution < 1.29 is 4.74 Å². The molecule has 3 heteroatoms. The maximum atomic E-state index is 5.10. The molecule has 1 aliphatic heterocycles. The molecule has 0 amide bonds. The fourth-order valence-electron chi connectivity index (χ4n) is 1.93. The smallest absolute Gasteiger partial charge is 0.0608 e. The van der Waals surface area contributed by atoms with Gasteiger partial charge >= 0.3 is 0 Å². The van der Waals surface area contributed by atoms with E-state index >= 15 is 0 Å². The molecule has 0 saturated carbocycles. The summed E-state index contributed by atoms with van der Waals surface area (Å²) >= 11 is 0. The van der Waals surface area contributed by atoms with Crippen LogP contribution >= 0.6 is 0 Å².